The molecule has 68 valence electrons. The molecule has 0 aliphatic carbocycles. The fourth-order valence-electron chi connectivity index (χ4n) is 0.722. The lowest BCUT2D eigenvalue weighted by molar-refractivity contribution is 0.146. The third kappa shape index (κ3) is 3.15. The standard InChI is InChI=1S/C5H14N2O3S/c1-4-7(5-2)11(8,9)6-10-3/h6H,4-5H2,1-3H3. The van der Waals surface area contributed by atoms with Gasteiger partial charge in [-0.25, -0.2) is 0 Å². The third-order valence-corrected chi connectivity index (χ3v) is 2.81. The van der Waals surface area contributed by atoms with Crippen molar-refractivity contribution in [1.82, 2.24) is 9.19 Å². The lowest BCUT2D eigenvalue weighted by atomic mass is 10.7. The molecule has 0 spiro atoms. The largest absolute Gasteiger partial charge is 0.301 e. The van der Waals surface area contributed by atoms with Gasteiger partial charge >= 0.3 is 10.2 Å². The normalized spacial score (nSPS) is 12.4. The molecule has 0 aliphatic heterocycles. The fraction of sp³-hybridized carbons (Fsp3) is 1.00. The molecule has 0 amide bonds. The SMILES string of the molecule is CCN(CC)S(=O)(=O)NOC. The van der Waals surface area contributed by atoms with Gasteiger partial charge in [-0.2, -0.15) is 12.7 Å². The average Bonchev–Trinajstić information content (AvgIpc) is 1.89. The molecule has 0 bridgehead atoms. The van der Waals surface area contributed by atoms with Gasteiger partial charge in [0.05, 0.1) is 7.11 Å². The van der Waals surface area contributed by atoms with Crippen molar-refractivity contribution < 1.29 is 13.3 Å². The molecule has 0 fully saturated rings. The average molecular weight is 182 g/mol. The van der Waals surface area contributed by atoms with Crippen LogP contribution >= 0.6 is 0 Å². The summed E-state index contributed by atoms with van der Waals surface area (Å²) in [5, 5.41) is 0. The van der Waals surface area contributed by atoms with E-state index < -0.39 is 10.2 Å². The highest BCUT2D eigenvalue weighted by atomic mass is 32.2. The maximum Gasteiger partial charge on any atom is 0.301 e. The Bertz CT molecular complexity index is 186. The van der Waals surface area contributed by atoms with Crippen molar-refractivity contribution in [1.29, 1.82) is 0 Å². The molecule has 0 unspecified atom stereocenters. The second-order valence-electron chi connectivity index (χ2n) is 1.88. The first-order valence-electron chi connectivity index (χ1n) is 3.38. The van der Waals surface area contributed by atoms with Crippen LogP contribution in [0.2, 0.25) is 0 Å². The molecule has 0 saturated carbocycles. The maximum atomic E-state index is 11.1. The predicted octanol–water partition coefficient (Wildman–Crippen LogP) is -0.276. The van der Waals surface area contributed by atoms with E-state index in [0.29, 0.717) is 13.1 Å². The Labute approximate surface area is 67.5 Å². The van der Waals surface area contributed by atoms with Crippen molar-refractivity contribution in [2.45, 2.75) is 13.8 Å². The van der Waals surface area contributed by atoms with Gasteiger partial charge in [-0.15, -0.1) is 0 Å². The summed E-state index contributed by atoms with van der Waals surface area (Å²) in [5.41, 5.74) is 0. The van der Waals surface area contributed by atoms with Crippen LogP contribution in [0.1, 0.15) is 13.8 Å². The van der Waals surface area contributed by atoms with Gasteiger partial charge in [0, 0.05) is 13.1 Å². The van der Waals surface area contributed by atoms with Crippen molar-refractivity contribution in [2.75, 3.05) is 20.2 Å². The Morgan fingerprint density at radius 2 is 1.82 bits per heavy atom. The smallest absolute Gasteiger partial charge is 0.289 e. The summed E-state index contributed by atoms with van der Waals surface area (Å²) in [6.07, 6.45) is 0. The van der Waals surface area contributed by atoms with Crippen LogP contribution in [0, 0.1) is 0 Å². The number of hydrogen-bond acceptors (Lipinski definition) is 3. The molecule has 0 atom stereocenters. The lowest BCUT2D eigenvalue weighted by Crippen LogP contribution is -2.39. The minimum absolute atomic E-state index is 0.440. The van der Waals surface area contributed by atoms with E-state index in [1.807, 2.05) is 4.89 Å². The molecule has 0 aromatic carbocycles. The van der Waals surface area contributed by atoms with E-state index >= 15 is 0 Å². The first-order valence-corrected chi connectivity index (χ1v) is 4.82. The molecule has 6 heteroatoms. The van der Waals surface area contributed by atoms with Gasteiger partial charge in [0.2, 0.25) is 0 Å². The van der Waals surface area contributed by atoms with Gasteiger partial charge in [0.1, 0.15) is 0 Å². The molecule has 11 heavy (non-hydrogen) atoms. The number of rotatable bonds is 5. The Kier molecular flexibility index (Phi) is 4.58. The van der Waals surface area contributed by atoms with Crippen molar-refractivity contribution in [3.8, 4) is 0 Å². The summed E-state index contributed by atoms with van der Waals surface area (Å²) in [7, 11) is -2.15. The molecule has 0 heterocycles. The van der Waals surface area contributed by atoms with Gasteiger partial charge in [0.25, 0.3) is 0 Å². The summed E-state index contributed by atoms with van der Waals surface area (Å²) >= 11 is 0. The Morgan fingerprint density at radius 3 is 2.09 bits per heavy atom. The van der Waals surface area contributed by atoms with E-state index in [1.165, 1.54) is 11.4 Å². The molecule has 0 aromatic heterocycles. The molecule has 0 rings (SSSR count). The van der Waals surface area contributed by atoms with Crippen LogP contribution in [0.5, 0.6) is 0 Å². The second-order valence-corrected chi connectivity index (χ2v) is 3.51. The highest BCUT2D eigenvalue weighted by molar-refractivity contribution is 7.87. The summed E-state index contributed by atoms with van der Waals surface area (Å²) in [5.74, 6) is 0. The van der Waals surface area contributed by atoms with Crippen molar-refractivity contribution in [2.24, 2.45) is 0 Å². The van der Waals surface area contributed by atoms with Crippen molar-refractivity contribution in [3.05, 3.63) is 0 Å². The topological polar surface area (TPSA) is 58.6 Å². The van der Waals surface area contributed by atoms with Crippen molar-refractivity contribution >= 4 is 10.2 Å². The molecule has 0 aromatic rings. The third-order valence-electron chi connectivity index (χ3n) is 1.23. The molecular formula is C5H14N2O3S. The zero-order valence-corrected chi connectivity index (χ0v) is 7.81. The van der Waals surface area contributed by atoms with Crippen LogP contribution in [0.4, 0.5) is 0 Å². The molecule has 1 N–H and O–H groups in total. The Hall–Kier alpha value is -0.170. The summed E-state index contributed by atoms with van der Waals surface area (Å²) in [4.78, 5) is 6.23. The van der Waals surface area contributed by atoms with Gasteiger partial charge < -0.3 is 0 Å². The fourth-order valence-corrected chi connectivity index (χ4v) is 1.72. The van der Waals surface area contributed by atoms with Gasteiger partial charge in [-0.3, -0.25) is 4.84 Å². The minimum Gasteiger partial charge on any atom is -0.289 e. The van der Waals surface area contributed by atoms with E-state index in [1.54, 1.807) is 13.8 Å². The second kappa shape index (κ2) is 4.66. The van der Waals surface area contributed by atoms with Crippen LogP contribution in [0.3, 0.4) is 0 Å². The summed E-state index contributed by atoms with van der Waals surface area (Å²) in [6, 6.07) is 0. The summed E-state index contributed by atoms with van der Waals surface area (Å²) in [6.45, 7) is 4.40. The molecule has 0 aliphatic rings. The number of nitrogens with zero attached hydrogens (tertiary/aromatic N) is 1. The maximum absolute atomic E-state index is 11.1. The predicted molar refractivity (Wildman–Crippen MR) is 42.0 cm³/mol. The minimum atomic E-state index is -3.41. The van der Waals surface area contributed by atoms with Crippen LogP contribution in [0.25, 0.3) is 0 Å². The van der Waals surface area contributed by atoms with Crippen LogP contribution in [-0.2, 0) is 15.0 Å². The Morgan fingerprint density at radius 1 is 1.36 bits per heavy atom. The first kappa shape index (κ1) is 10.8. The van der Waals surface area contributed by atoms with Crippen LogP contribution in [-0.4, -0.2) is 32.9 Å². The molecule has 0 saturated heterocycles. The van der Waals surface area contributed by atoms with Crippen molar-refractivity contribution in [3.63, 3.8) is 0 Å². The Balaban J connectivity index is 4.26. The van der Waals surface area contributed by atoms with E-state index in [9.17, 15) is 8.42 Å². The van der Waals surface area contributed by atoms with Crippen LogP contribution < -0.4 is 4.89 Å². The lowest BCUT2D eigenvalue weighted by Gasteiger charge is -2.17. The van der Waals surface area contributed by atoms with E-state index in [-0.39, 0.29) is 0 Å². The highest BCUT2D eigenvalue weighted by Crippen LogP contribution is 1.95. The van der Waals surface area contributed by atoms with Gasteiger partial charge in [-0.1, -0.05) is 18.7 Å². The number of nitrogens with one attached hydrogen (secondary N) is 1. The van der Waals surface area contributed by atoms with E-state index in [2.05, 4.69) is 4.84 Å². The molecule has 5 nitrogen and oxygen atoms in total. The molecular weight excluding hydrogens is 168 g/mol. The quantitative estimate of drug-likeness (QED) is 0.595. The molecule has 0 radical (unpaired) electrons. The van der Waals surface area contributed by atoms with E-state index in [4.69, 9.17) is 0 Å². The summed E-state index contributed by atoms with van der Waals surface area (Å²) < 4.78 is 23.4. The monoisotopic (exact) mass is 182 g/mol. The number of hydrogen-bond donors (Lipinski definition) is 1. The zero-order chi connectivity index (χ0) is 8.91. The zero-order valence-electron chi connectivity index (χ0n) is 6.99. The first-order chi connectivity index (χ1) is 5.08. The van der Waals surface area contributed by atoms with E-state index in [0.717, 1.165) is 0 Å². The van der Waals surface area contributed by atoms with Gasteiger partial charge in [-0.05, 0) is 0 Å². The van der Waals surface area contributed by atoms with Crippen LogP contribution in [0.15, 0.2) is 0 Å². The van der Waals surface area contributed by atoms with Gasteiger partial charge in [0.15, 0.2) is 0 Å². The highest BCUT2D eigenvalue weighted by Gasteiger charge is 2.16.